The monoisotopic (exact) mass is 538 g/mol. The molecule has 2 aliphatic rings. The molecule has 0 bridgehead atoms. The van der Waals surface area contributed by atoms with Gasteiger partial charge in [0.25, 0.3) is 0 Å². The van der Waals surface area contributed by atoms with Crippen molar-refractivity contribution in [1.29, 1.82) is 0 Å². The van der Waals surface area contributed by atoms with Crippen LogP contribution in [0.2, 0.25) is 0 Å². The lowest BCUT2D eigenvalue weighted by Gasteiger charge is -2.38. The van der Waals surface area contributed by atoms with Gasteiger partial charge in [0.15, 0.2) is 0 Å². The fourth-order valence-electron chi connectivity index (χ4n) is 5.05. The van der Waals surface area contributed by atoms with Crippen molar-refractivity contribution in [3.63, 3.8) is 0 Å². The van der Waals surface area contributed by atoms with E-state index in [0.29, 0.717) is 25.1 Å². The average molecular weight is 539 g/mol. The number of imide groups is 1. The molecular weight excluding hydrogens is 500 g/mol. The first-order valence-corrected chi connectivity index (χ1v) is 14.4. The molecule has 0 radical (unpaired) electrons. The van der Waals surface area contributed by atoms with E-state index < -0.39 is 17.6 Å². The predicted octanol–water partition coefficient (Wildman–Crippen LogP) is 6.16. The molecule has 7 nitrogen and oxygen atoms in total. The predicted molar refractivity (Wildman–Crippen MR) is 148 cm³/mol. The SMILES string of the molecule is CC(C)(C)OC(=O)N1CCCC[C@H]1C[C@@H](CSc1ccccc1)C(=O)N1C(=O)OC[C@H]1Cc1ccccc1. The van der Waals surface area contributed by atoms with Crippen LogP contribution in [0.1, 0.15) is 52.0 Å². The number of amides is 3. The van der Waals surface area contributed by atoms with Crippen molar-refractivity contribution in [2.45, 2.75) is 75.5 Å². The molecule has 2 saturated heterocycles. The molecule has 38 heavy (non-hydrogen) atoms. The van der Waals surface area contributed by atoms with Crippen LogP contribution in [0, 0.1) is 5.92 Å². The van der Waals surface area contributed by atoms with Gasteiger partial charge in [0.1, 0.15) is 12.2 Å². The fraction of sp³-hybridized carbons (Fsp3) is 0.500. The standard InChI is InChI=1S/C30H38N2O5S/c1-30(2,3)37-28(34)31-17-11-10-14-24(31)19-23(21-38-26-15-8-5-9-16-26)27(33)32-25(20-36-29(32)35)18-22-12-6-4-7-13-22/h4-9,12-13,15-16,23-25H,10-11,14,17-21H2,1-3H3/t23-,24-,25+/m0/s1. The van der Waals surface area contributed by atoms with Gasteiger partial charge in [-0.1, -0.05) is 48.5 Å². The number of hydrogen-bond acceptors (Lipinski definition) is 6. The molecule has 2 fully saturated rings. The maximum atomic E-state index is 14.0. The molecule has 4 rings (SSSR count). The average Bonchev–Trinajstić information content (AvgIpc) is 3.26. The lowest BCUT2D eigenvalue weighted by atomic mass is 9.92. The van der Waals surface area contributed by atoms with Crippen LogP contribution in [0.15, 0.2) is 65.6 Å². The molecule has 0 unspecified atom stereocenters. The number of benzene rings is 2. The Morgan fingerprint density at radius 3 is 2.39 bits per heavy atom. The minimum atomic E-state index is -0.596. The van der Waals surface area contributed by atoms with Gasteiger partial charge in [-0.15, -0.1) is 11.8 Å². The number of rotatable bonds is 8. The van der Waals surface area contributed by atoms with E-state index >= 15 is 0 Å². The molecule has 0 spiro atoms. The van der Waals surface area contributed by atoms with Gasteiger partial charge >= 0.3 is 12.2 Å². The molecule has 0 saturated carbocycles. The Bertz CT molecular complexity index is 1090. The summed E-state index contributed by atoms with van der Waals surface area (Å²) in [5.74, 6) is -0.188. The largest absolute Gasteiger partial charge is 0.447 e. The van der Waals surface area contributed by atoms with E-state index in [1.54, 1.807) is 16.7 Å². The minimum Gasteiger partial charge on any atom is -0.447 e. The van der Waals surface area contributed by atoms with E-state index in [1.165, 1.54) is 4.90 Å². The second-order valence-electron chi connectivity index (χ2n) is 11.0. The van der Waals surface area contributed by atoms with Crippen LogP contribution in [0.25, 0.3) is 0 Å². The second kappa shape index (κ2) is 12.7. The van der Waals surface area contributed by atoms with Gasteiger partial charge in [-0.3, -0.25) is 4.79 Å². The van der Waals surface area contributed by atoms with Gasteiger partial charge < -0.3 is 14.4 Å². The molecule has 3 amide bonds. The number of piperidine rings is 1. The van der Waals surface area contributed by atoms with Crippen LogP contribution in [-0.2, 0) is 20.7 Å². The maximum Gasteiger partial charge on any atom is 0.416 e. The first-order chi connectivity index (χ1) is 18.2. The topological polar surface area (TPSA) is 76.2 Å². The second-order valence-corrected chi connectivity index (χ2v) is 12.1. The molecule has 204 valence electrons. The molecule has 2 heterocycles. The number of ether oxygens (including phenoxy) is 2. The van der Waals surface area contributed by atoms with E-state index in [0.717, 1.165) is 29.7 Å². The lowest BCUT2D eigenvalue weighted by Crippen LogP contribution is -2.49. The third-order valence-corrected chi connectivity index (χ3v) is 8.04. The van der Waals surface area contributed by atoms with Crippen LogP contribution >= 0.6 is 11.8 Å². The number of carbonyl (C=O) groups is 3. The fourth-order valence-corrected chi connectivity index (χ4v) is 6.07. The smallest absolute Gasteiger partial charge is 0.416 e. The van der Waals surface area contributed by atoms with Crippen LogP contribution in [0.4, 0.5) is 9.59 Å². The number of likely N-dealkylation sites (tertiary alicyclic amines) is 1. The Hall–Kier alpha value is -3.00. The van der Waals surface area contributed by atoms with E-state index in [4.69, 9.17) is 9.47 Å². The number of carbonyl (C=O) groups excluding carboxylic acids is 3. The van der Waals surface area contributed by atoms with Crippen molar-refractivity contribution in [3.8, 4) is 0 Å². The quantitative estimate of drug-likeness (QED) is 0.375. The molecule has 2 aromatic carbocycles. The van der Waals surface area contributed by atoms with Crippen molar-refractivity contribution in [3.05, 3.63) is 66.2 Å². The molecule has 2 aromatic rings. The van der Waals surface area contributed by atoms with Gasteiger partial charge in [0, 0.05) is 23.2 Å². The highest BCUT2D eigenvalue weighted by atomic mass is 32.2. The van der Waals surface area contributed by atoms with E-state index in [2.05, 4.69) is 0 Å². The van der Waals surface area contributed by atoms with Crippen molar-refractivity contribution < 1.29 is 23.9 Å². The summed E-state index contributed by atoms with van der Waals surface area (Å²) >= 11 is 1.60. The Balaban J connectivity index is 1.54. The summed E-state index contributed by atoms with van der Waals surface area (Å²) in [6.07, 6.45) is 2.79. The van der Waals surface area contributed by atoms with Gasteiger partial charge in [0.05, 0.1) is 12.0 Å². The summed E-state index contributed by atoms with van der Waals surface area (Å²) in [6, 6.07) is 19.3. The zero-order valence-corrected chi connectivity index (χ0v) is 23.3. The maximum absolute atomic E-state index is 14.0. The molecule has 0 aliphatic carbocycles. The highest BCUT2D eigenvalue weighted by Crippen LogP contribution is 2.31. The molecule has 2 aliphatic heterocycles. The van der Waals surface area contributed by atoms with Gasteiger partial charge in [-0.25, -0.2) is 14.5 Å². The van der Waals surface area contributed by atoms with E-state index in [-0.39, 0.29) is 30.7 Å². The molecule has 3 atom stereocenters. The molecule has 8 heteroatoms. The zero-order valence-electron chi connectivity index (χ0n) is 22.5. The highest BCUT2D eigenvalue weighted by Gasteiger charge is 2.42. The Morgan fingerprint density at radius 2 is 1.71 bits per heavy atom. The number of hydrogen-bond donors (Lipinski definition) is 0. The van der Waals surface area contributed by atoms with Gasteiger partial charge in [0.2, 0.25) is 5.91 Å². The van der Waals surface area contributed by atoms with E-state index in [9.17, 15) is 14.4 Å². The Kier molecular flexibility index (Phi) is 9.36. The first kappa shape index (κ1) is 28.0. The molecular formula is C30H38N2O5S. The summed E-state index contributed by atoms with van der Waals surface area (Å²) in [4.78, 5) is 44.1. The Morgan fingerprint density at radius 1 is 1.03 bits per heavy atom. The van der Waals surface area contributed by atoms with Crippen molar-refractivity contribution >= 4 is 29.9 Å². The van der Waals surface area contributed by atoms with Gasteiger partial charge in [-0.2, -0.15) is 0 Å². The zero-order chi connectivity index (χ0) is 27.1. The summed E-state index contributed by atoms with van der Waals surface area (Å²) < 4.78 is 11.1. The van der Waals surface area contributed by atoms with Crippen LogP contribution in [0.3, 0.4) is 0 Å². The summed E-state index contributed by atoms with van der Waals surface area (Å²) in [5.41, 5.74) is 0.453. The normalized spacial score (nSPS) is 20.7. The highest BCUT2D eigenvalue weighted by molar-refractivity contribution is 7.99. The molecule has 0 N–H and O–H groups in total. The molecule has 0 aromatic heterocycles. The summed E-state index contributed by atoms with van der Waals surface area (Å²) in [6.45, 7) is 6.37. The lowest BCUT2D eigenvalue weighted by molar-refractivity contribution is -0.133. The first-order valence-electron chi connectivity index (χ1n) is 13.4. The van der Waals surface area contributed by atoms with Crippen LogP contribution in [-0.4, -0.2) is 64.5 Å². The third-order valence-electron chi connectivity index (χ3n) is 6.87. The van der Waals surface area contributed by atoms with Crippen LogP contribution in [0.5, 0.6) is 0 Å². The van der Waals surface area contributed by atoms with E-state index in [1.807, 2.05) is 81.4 Å². The van der Waals surface area contributed by atoms with Crippen molar-refractivity contribution in [2.75, 3.05) is 18.9 Å². The number of cyclic esters (lactones) is 1. The minimum absolute atomic E-state index is 0.130. The van der Waals surface area contributed by atoms with Crippen LogP contribution < -0.4 is 0 Å². The van der Waals surface area contributed by atoms with Gasteiger partial charge in [-0.05, 0) is 70.6 Å². The Labute approximate surface area is 229 Å². The summed E-state index contributed by atoms with van der Waals surface area (Å²) in [7, 11) is 0. The third kappa shape index (κ3) is 7.53. The number of thioether (sulfide) groups is 1. The van der Waals surface area contributed by atoms with Crippen molar-refractivity contribution in [1.82, 2.24) is 9.80 Å². The summed E-state index contributed by atoms with van der Waals surface area (Å²) in [5, 5.41) is 0. The van der Waals surface area contributed by atoms with Crippen molar-refractivity contribution in [2.24, 2.45) is 5.92 Å². The number of nitrogens with zero attached hydrogens (tertiary/aromatic N) is 2.